The molecule has 0 bridgehead atoms. The first-order valence-electron chi connectivity index (χ1n) is 8.33. The first kappa shape index (κ1) is 16.8. The van der Waals surface area contributed by atoms with E-state index >= 15 is 0 Å². The minimum Gasteiger partial charge on any atom is -0.0908 e. The second kappa shape index (κ2) is 5.55. The fourth-order valence-corrected chi connectivity index (χ4v) is 22.1. The van der Waals surface area contributed by atoms with Crippen molar-refractivity contribution in [1.29, 1.82) is 0 Å². The summed E-state index contributed by atoms with van der Waals surface area (Å²) in [7, 11) is -2.81. The Hall–Kier alpha value is -0.606. The summed E-state index contributed by atoms with van der Waals surface area (Å²) in [5.74, 6) is 0.706. The molecule has 1 aliphatic rings. The summed E-state index contributed by atoms with van der Waals surface area (Å²) in [6.45, 7) is 17.7. The summed E-state index contributed by atoms with van der Waals surface area (Å²) in [4.78, 5) is 0. The van der Waals surface area contributed by atoms with E-state index < -0.39 is 15.2 Å². The van der Waals surface area contributed by atoms with Crippen molar-refractivity contribution in [2.45, 2.75) is 58.9 Å². The molecule has 0 N–H and O–H groups in total. The molecule has 2 rings (SSSR count). The summed E-state index contributed by atoms with van der Waals surface area (Å²) >= 11 is 0. The average molecular weight is 317 g/mol. The van der Waals surface area contributed by atoms with E-state index in [0.717, 1.165) is 5.54 Å². The van der Waals surface area contributed by atoms with Crippen molar-refractivity contribution in [3.8, 4) is 0 Å². The highest BCUT2D eigenvalue weighted by molar-refractivity contribution is 7.46. The van der Waals surface area contributed by atoms with Crippen LogP contribution in [0.15, 0.2) is 42.5 Å². The van der Waals surface area contributed by atoms with Gasteiger partial charge in [-0.25, -0.2) is 0 Å². The van der Waals surface area contributed by atoms with Crippen LogP contribution in [-0.2, 0) is 0 Å². The second-order valence-corrected chi connectivity index (χ2v) is 24.1. The van der Waals surface area contributed by atoms with Gasteiger partial charge in [0.05, 0.1) is 7.59 Å². The lowest BCUT2D eigenvalue weighted by molar-refractivity contribution is 0.326. The minimum atomic E-state index is -1.54. The van der Waals surface area contributed by atoms with Crippen LogP contribution in [0.25, 0.3) is 0 Å². The third kappa shape index (κ3) is 2.85. The first-order chi connectivity index (χ1) is 9.61. The Morgan fingerprint density at radius 2 is 1.62 bits per heavy atom. The van der Waals surface area contributed by atoms with Gasteiger partial charge in [0.25, 0.3) is 0 Å². The van der Waals surface area contributed by atoms with Gasteiger partial charge in [-0.3, -0.25) is 0 Å². The van der Waals surface area contributed by atoms with E-state index in [0.29, 0.717) is 11.3 Å². The Labute approximate surface area is 133 Å². The molecule has 0 radical (unpaired) electrons. The van der Waals surface area contributed by atoms with Gasteiger partial charge in [-0.2, -0.15) is 0 Å². The van der Waals surface area contributed by atoms with Crippen LogP contribution in [0.5, 0.6) is 0 Å². The van der Waals surface area contributed by atoms with E-state index in [1.165, 1.54) is 6.04 Å². The van der Waals surface area contributed by atoms with Crippen molar-refractivity contribution >= 4 is 20.4 Å². The highest BCUT2D eigenvalue weighted by Gasteiger charge is 2.57. The number of allylic oxidation sites excluding steroid dienone is 2. The fourth-order valence-electron chi connectivity index (χ4n) is 4.92. The van der Waals surface area contributed by atoms with Crippen molar-refractivity contribution in [1.82, 2.24) is 0 Å². The molecule has 1 heterocycles. The molecule has 1 aromatic rings. The van der Waals surface area contributed by atoms with Crippen molar-refractivity contribution in [3.63, 3.8) is 0 Å². The summed E-state index contributed by atoms with van der Waals surface area (Å²) in [6, 6.07) is 12.9. The van der Waals surface area contributed by atoms with Crippen molar-refractivity contribution in [2.24, 2.45) is 11.3 Å². The van der Waals surface area contributed by atoms with Gasteiger partial charge < -0.3 is 0 Å². The van der Waals surface area contributed by atoms with Crippen molar-refractivity contribution < 1.29 is 0 Å². The standard InChI is InChI=1S/C19H32Si2/c1-16-12-11-15-21(20(5,6)7,18(16)19(2,3)4)17-13-9-8-10-14-17/h8-14,16,18H,15H2,1-7H3/t16-,18+,21+/m1/s1. The Balaban J connectivity index is 2.72. The van der Waals surface area contributed by atoms with Crippen LogP contribution in [0, 0.1) is 11.3 Å². The molecular weight excluding hydrogens is 284 g/mol. The minimum absolute atomic E-state index is 0.381. The molecular formula is C19H32Si2. The van der Waals surface area contributed by atoms with Gasteiger partial charge in [-0.15, -0.1) is 0 Å². The summed E-state index contributed by atoms with van der Waals surface area (Å²) in [6.07, 6.45) is 5.01. The quantitative estimate of drug-likeness (QED) is 0.507. The largest absolute Gasteiger partial charge is 0.0908 e. The Kier molecular flexibility index (Phi) is 4.43. The summed E-state index contributed by atoms with van der Waals surface area (Å²) in [5.41, 5.74) is 1.22. The lowest BCUT2D eigenvalue weighted by Gasteiger charge is -2.56. The van der Waals surface area contributed by atoms with Crippen molar-refractivity contribution in [3.05, 3.63) is 42.5 Å². The van der Waals surface area contributed by atoms with Crippen LogP contribution >= 0.6 is 0 Å². The van der Waals surface area contributed by atoms with Crippen LogP contribution in [0.1, 0.15) is 27.7 Å². The molecule has 21 heavy (non-hydrogen) atoms. The number of hydrogen-bond acceptors (Lipinski definition) is 0. The van der Waals surface area contributed by atoms with Crippen LogP contribution in [-0.4, -0.2) is 15.2 Å². The van der Waals surface area contributed by atoms with Gasteiger partial charge in [0, 0.05) is 7.59 Å². The zero-order chi connectivity index (χ0) is 15.9. The number of benzene rings is 1. The maximum atomic E-state index is 2.62. The topological polar surface area (TPSA) is 0 Å². The van der Waals surface area contributed by atoms with Crippen LogP contribution < -0.4 is 5.19 Å². The average Bonchev–Trinajstić information content (AvgIpc) is 2.36. The molecule has 0 saturated carbocycles. The molecule has 0 aromatic heterocycles. The van der Waals surface area contributed by atoms with Gasteiger partial charge in [-0.05, 0) is 22.9 Å². The second-order valence-electron chi connectivity index (χ2n) is 8.92. The predicted octanol–water partition coefficient (Wildman–Crippen LogP) is 5.38. The third-order valence-electron chi connectivity index (χ3n) is 5.50. The molecule has 116 valence electrons. The van der Waals surface area contributed by atoms with E-state index in [4.69, 9.17) is 0 Å². The van der Waals surface area contributed by atoms with E-state index in [-0.39, 0.29) is 0 Å². The zero-order valence-electron chi connectivity index (χ0n) is 14.9. The van der Waals surface area contributed by atoms with E-state index in [1.54, 1.807) is 5.19 Å². The van der Waals surface area contributed by atoms with Gasteiger partial charge in [0.1, 0.15) is 0 Å². The molecule has 0 amide bonds. The maximum absolute atomic E-state index is 2.62. The summed E-state index contributed by atoms with van der Waals surface area (Å²) < 4.78 is 0. The lowest BCUT2D eigenvalue weighted by atomic mass is 9.84. The third-order valence-corrected chi connectivity index (χ3v) is 23.3. The Morgan fingerprint density at radius 1 is 1.05 bits per heavy atom. The van der Waals surface area contributed by atoms with Gasteiger partial charge in [0.15, 0.2) is 0 Å². The molecule has 0 unspecified atom stereocenters. The van der Waals surface area contributed by atoms with Crippen LogP contribution in [0.3, 0.4) is 0 Å². The highest BCUT2D eigenvalue weighted by atomic mass is 29.3. The Bertz CT molecular complexity index is 505. The molecule has 1 aliphatic heterocycles. The van der Waals surface area contributed by atoms with Crippen LogP contribution in [0.4, 0.5) is 0 Å². The van der Waals surface area contributed by atoms with E-state index in [1.807, 2.05) is 0 Å². The van der Waals surface area contributed by atoms with Crippen molar-refractivity contribution in [2.75, 3.05) is 0 Å². The molecule has 0 aliphatic carbocycles. The molecule has 0 fully saturated rings. The lowest BCUT2D eigenvalue weighted by Crippen LogP contribution is -2.71. The molecule has 2 heteroatoms. The predicted molar refractivity (Wildman–Crippen MR) is 101 cm³/mol. The molecule has 1 aromatic carbocycles. The van der Waals surface area contributed by atoms with Gasteiger partial charge in [0.2, 0.25) is 0 Å². The summed E-state index contributed by atoms with van der Waals surface area (Å²) in [5, 5.41) is 1.71. The SMILES string of the molecule is C[C@@H]1C=CC[Si@@](c2ccccc2)([Si](C)(C)C)[C@@H]1C(C)(C)C. The van der Waals surface area contributed by atoms with Crippen LogP contribution in [0.2, 0.25) is 31.2 Å². The molecule has 3 atom stereocenters. The van der Waals surface area contributed by atoms with Gasteiger partial charge in [-0.1, -0.05) is 95.0 Å². The molecule has 0 saturated heterocycles. The normalized spacial score (nSPS) is 30.4. The van der Waals surface area contributed by atoms with E-state index in [2.05, 4.69) is 89.8 Å². The number of hydrogen-bond donors (Lipinski definition) is 0. The van der Waals surface area contributed by atoms with E-state index in [9.17, 15) is 0 Å². The first-order valence-corrected chi connectivity index (χ1v) is 15.1. The Morgan fingerprint density at radius 3 is 2.10 bits per heavy atom. The number of rotatable bonds is 2. The molecule has 0 nitrogen and oxygen atoms in total. The highest BCUT2D eigenvalue weighted by Crippen LogP contribution is 2.52. The smallest absolute Gasteiger partial charge is 0.0872 e. The molecule has 0 spiro atoms. The maximum Gasteiger partial charge on any atom is 0.0872 e. The fraction of sp³-hybridized carbons (Fsp3) is 0.579. The monoisotopic (exact) mass is 316 g/mol. The van der Waals surface area contributed by atoms with Gasteiger partial charge >= 0.3 is 0 Å². The zero-order valence-corrected chi connectivity index (χ0v) is 16.9.